The standard InChI is InChI=1S/C20H24FN5.HI/c1-22-20(26(2)14-15-7-5-8-16(21)13-15)23-12-6-11-19-24-17-9-3-4-10-18(17)25-19;/h3-5,7-10,13H,6,11-12,14H2,1-2H3,(H,22,23)(H,24,25);1H. The summed E-state index contributed by atoms with van der Waals surface area (Å²) in [6.07, 6.45) is 1.80. The summed E-state index contributed by atoms with van der Waals surface area (Å²) in [4.78, 5) is 14.2. The second kappa shape index (κ2) is 10.2. The summed E-state index contributed by atoms with van der Waals surface area (Å²) in [5, 5.41) is 3.35. The molecule has 1 aromatic heterocycles. The molecule has 1 heterocycles. The van der Waals surface area contributed by atoms with E-state index in [1.807, 2.05) is 42.3 Å². The lowest BCUT2D eigenvalue weighted by Gasteiger charge is -2.22. The molecule has 0 amide bonds. The van der Waals surface area contributed by atoms with E-state index >= 15 is 0 Å². The highest BCUT2D eigenvalue weighted by molar-refractivity contribution is 14.0. The lowest BCUT2D eigenvalue weighted by Crippen LogP contribution is -2.39. The van der Waals surface area contributed by atoms with Crippen molar-refractivity contribution in [2.45, 2.75) is 19.4 Å². The first-order valence-corrected chi connectivity index (χ1v) is 8.75. The van der Waals surface area contributed by atoms with Crippen LogP contribution in [-0.4, -0.2) is 41.5 Å². The summed E-state index contributed by atoms with van der Waals surface area (Å²) in [7, 11) is 3.70. The van der Waals surface area contributed by atoms with E-state index in [-0.39, 0.29) is 29.8 Å². The monoisotopic (exact) mass is 481 g/mol. The van der Waals surface area contributed by atoms with Crippen molar-refractivity contribution in [2.75, 3.05) is 20.6 Å². The van der Waals surface area contributed by atoms with Gasteiger partial charge in [-0.05, 0) is 36.2 Å². The van der Waals surface area contributed by atoms with Gasteiger partial charge in [-0.2, -0.15) is 0 Å². The maximum atomic E-state index is 13.3. The van der Waals surface area contributed by atoms with Gasteiger partial charge in [-0.15, -0.1) is 24.0 Å². The van der Waals surface area contributed by atoms with E-state index in [0.717, 1.165) is 47.8 Å². The third kappa shape index (κ3) is 5.92. The van der Waals surface area contributed by atoms with Crippen molar-refractivity contribution in [1.29, 1.82) is 0 Å². The Balaban J connectivity index is 0.00000261. The summed E-state index contributed by atoms with van der Waals surface area (Å²) < 4.78 is 13.3. The van der Waals surface area contributed by atoms with Crippen molar-refractivity contribution >= 4 is 41.0 Å². The number of aromatic nitrogens is 2. The molecule has 5 nitrogen and oxygen atoms in total. The molecule has 144 valence electrons. The number of rotatable bonds is 6. The van der Waals surface area contributed by atoms with Crippen molar-refractivity contribution in [3.63, 3.8) is 0 Å². The summed E-state index contributed by atoms with van der Waals surface area (Å²) >= 11 is 0. The molecule has 0 radical (unpaired) electrons. The minimum Gasteiger partial charge on any atom is -0.356 e. The minimum atomic E-state index is -0.218. The lowest BCUT2D eigenvalue weighted by molar-refractivity contribution is 0.473. The zero-order valence-electron chi connectivity index (χ0n) is 15.6. The smallest absolute Gasteiger partial charge is 0.193 e. The number of H-pyrrole nitrogens is 1. The number of aliphatic imine (C=N–C) groups is 1. The van der Waals surface area contributed by atoms with Crippen LogP contribution in [-0.2, 0) is 13.0 Å². The van der Waals surface area contributed by atoms with Gasteiger partial charge < -0.3 is 15.2 Å². The number of para-hydroxylation sites is 2. The molecule has 2 aromatic carbocycles. The summed E-state index contributed by atoms with van der Waals surface area (Å²) in [6.45, 7) is 1.39. The Hall–Kier alpha value is -2.16. The van der Waals surface area contributed by atoms with E-state index in [2.05, 4.69) is 20.3 Å². The number of fused-ring (bicyclic) bond motifs is 1. The van der Waals surface area contributed by atoms with Crippen molar-refractivity contribution in [3.8, 4) is 0 Å². The fourth-order valence-corrected chi connectivity index (χ4v) is 2.95. The average Bonchev–Trinajstić information content (AvgIpc) is 3.04. The number of guanidine groups is 1. The van der Waals surface area contributed by atoms with E-state index in [4.69, 9.17) is 0 Å². The predicted octanol–water partition coefficient (Wildman–Crippen LogP) is 3.96. The van der Waals surface area contributed by atoms with Crippen LogP contribution in [0.5, 0.6) is 0 Å². The maximum Gasteiger partial charge on any atom is 0.193 e. The number of aryl methyl sites for hydroxylation is 1. The van der Waals surface area contributed by atoms with Crippen LogP contribution in [0.2, 0.25) is 0 Å². The van der Waals surface area contributed by atoms with Crippen LogP contribution in [0.4, 0.5) is 4.39 Å². The van der Waals surface area contributed by atoms with E-state index in [1.54, 1.807) is 19.2 Å². The molecule has 0 aliphatic carbocycles. The summed E-state index contributed by atoms with van der Waals surface area (Å²) in [5.41, 5.74) is 2.99. The molecular formula is C20H25FIN5. The molecule has 3 rings (SSSR count). The average molecular weight is 481 g/mol. The number of aromatic amines is 1. The Morgan fingerprint density at radius 3 is 2.78 bits per heavy atom. The topological polar surface area (TPSA) is 56.3 Å². The van der Waals surface area contributed by atoms with Crippen LogP contribution in [0, 0.1) is 5.82 Å². The van der Waals surface area contributed by atoms with Crippen LogP contribution in [0.25, 0.3) is 11.0 Å². The van der Waals surface area contributed by atoms with Crippen molar-refractivity contribution < 1.29 is 4.39 Å². The van der Waals surface area contributed by atoms with Crippen LogP contribution >= 0.6 is 24.0 Å². The van der Waals surface area contributed by atoms with Gasteiger partial charge in [0.2, 0.25) is 0 Å². The van der Waals surface area contributed by atoms with Gasteiger partial charge in [-0.1, -0.05) is 24.3 Å². The SMILES string of the molecule is CN=C(NCCCc1nc2ccccc2[nH]1)N(C)Cc1cccc(F)c1.I. The van der Waals surface area contributed by atoms with Crippen LogP contribution in [0.15, 0.2) is 53.5 Å². The van der Waals surface area contributed by atoms with Crippen molar-refractivity contribution in [3.05, 3.63) is 65.7 Å². The highest BCUT2D eigenvalue weighted by Gasteiger charge is 2.07. The zero-order valence-corrected chi connectivity index (χ0v) is 17.9. The third-order valence-electron chi connectivity index (χ3n) is 4.19. The van der Waals surface area contributed by atoms with Gasteiger partial charge in [0.25, 0.3) is 0 Å². The summed E-state index contributed by atoms with van der Waals surface area (Å²) in [5.74, 6) is 1.57. The Kier molecular flexibility index (Phi) is 8.02. The molecule has 27 heavy (non-hydrogen) atoms. The van der Waals surface area contributed by atoms with E-state index in [1.165, 1.54) is 6.07 Å². The van der Waals surface area contributed by atoms with Gasteiger partial charge in [0.05, 0.1) is 11.0 Å². The van der Waals surface area contributed by atoms with E-state index in [0.29, 0.717) is 6.54 Å². The van der Waals surface area contributed by atoms with Gasteiger partial charge >= 0.3 is 0 Å². The molecule has 0 saturated carbocycles. The number of hydrogen-bond acceptors (Lipinski definition) is 2. The number of benzene rings is 2. The minimum absolute atomic E-state index is 0. The molecule has 7 heteroatoms. The fraction of sp³-hybridized carbons (Fsp3) is 0.300. The van der Waals surface area contributed by atoms with Gasteiger partial charge in [0.1, 0.15) is 11.6 Å². The van der Waals surface area contributed by atoms with Crippen LogP contribution in [0.1, 0.15) is 17.8 Å². The van der Waals surface area contributed by atoms with Crippen LogP contribution < -0.4 is 5.32 Å². The molecule has 2 N–H and O–H groups in total. The molecule has 0 unspecified atom stereocenters. The number of nitrogens with zero attached hydrogens (tertiary/aromatic N) is 3. The molecule has 0 spiro atoms. The normalized spacial score (nSPS) is 11.3. The molecule has 0 aliphatic rings. The molecule has 0 atom stereocenters. The first-order chi connectivity index (χ1) is 12.7. The van der Waals surface area contributed by atoms with Crippen molar-refractivity contribution in [1.82, 2.24) is 20.2 Å². The van der Waals surface area contributed by atoms with Crippen molar-refractivity contribution in [2.24, 2.45) is 4.99 Å². The first kappa shape index (κ1) is 21.1. The predicted molar refractivity (Wildman–Crippen MR) is 119 cm³/mol. The molecule has 0 saturated heterocycles. The highest BCUT2D eigenvalue weighted by Crippen LogP contribution is 2.11. The third-order valence-corrected chi connectivity index (χ3v) is 4.19. The van der Waals surface area contributed by atoms with Crippen LogP contribution in [0.3, 0.4) is 0 Å². The Morgan fingerprint density at radius 1 is 1.22 bits per heavy atom. The second-order valence-corrected chi connectivity index (χ2v) is 6.26. The number of imidazole rings is 1. The van der Waals surface area contributed by atoms with Gasteiger partial charge in [0, 0.05) is 33.6 Å². The molecule has 3 aromatic rings. The summed E-state index contributed by atoms with van der Waals surface area (Å²) in [6, 6.07) is 14.7. The quantitative estimate of drug-likeness (QED) is 0.243. The molecule has 0 bridgehead atoms. The highest BCUT2D eigenvalue weighted by atomic mass is 127. The second-order valence-electron chi connectivity index (χ2n) is 6.26. The maximum absolute atomic E-state index is 13.3. The van der Waals surface area contributed by atoms with Gasteiger partial charge in [-0.3, -0.25) is 4.99 Å². The number of hydrogen-bond donors (Lipinski definition) is 2. The largest absolute Gasteiger partial charge is 0.356 e. The van der Waals surface area contributed by atoms with Gasteiger partial charge in [-0.25, -0.2) is 9.37 Å². The van der Waals surface area contributed by atoms with Gasteiger partial charge in [0.15, 0.2) is 5.96 Å². The number of nitrogens with one attached hydrogen (secondary N) is 2. The number of halogens is 2. The zero-order chi connectivity index (χ0) is 18.4. The Bertz CT molecular complexity index is 860. The molecular weight excluding hydrogens is 456 g/mol. The van der Waals surface area contributed by atoms with E-state index in [9.17, 15) is 4.39 Å². The lowest BCUT2D eigenvalue weighted by atomic mass is 10.2. The molecule has 0 fully saturated rings. The van der Waals surface area contributed by atoms with E-state index < -0.39 is 0 Å². The Morgan fingerprint density at radius 2 is 2.04 bits per heavy atom. The molecule has 0 aliphatic heterocycles. The fourth-order valence-electron chi connectivity index (χ4n) is 2.95. The first-order valence-electron chi connectivity index (χ1n) is 8.75. The Labute approximate surface area is 176 Å².